The second-order valence-electron chi connectivity index (χ2n) is 6.59. The molecule has 9 nitrogen and oxygen atoms in total. The molecule has 1 aliphatic heterocycles. The van der Waals surface area contributed by atoms with Gasteiger partial charge in [-0.2, -0.15) is 9.57 Å². The van der Waals surface area contributed by atoms with Gasteiger partial charge in [-0.3, -0.25) is 10.1 Å². The summed E-state index contributed by atoms with van der Waals surface area (Å²) in [5.41, 5.74) is 1.27. The molecule has 2 aromatic rings. The van der Waals surface area contributed by atoms with Crippen LogP contribution in [0.1, 0.15) is 11.1 Å². The maximum absolute atomic E-state index is 12.7. The molecule has 0 N–H and O–H groups in total. The first-order valence-corrected chi connectivity index (χ1v) is 10.3. The smallest absolute Gasteiger partial charge is 0.287 e. The van der Waals surface area contributed by atoms with E-state index in [4.69, 9.17) is 10.00 Å². The predicted molar refractivity (Wildman–Crippen MR) is 106 cm³/mol. The van der Waals surface area contributed by atoms with E-state index in [1.54, 1.807) is 37.4 Å². The first-order valence-electron chi connectivity index (χ1n) is 8.89. The van der Waals surface area contributed by atoms with E-state index in [1.165, 1.54) is 16.4 Å². The molecule has 0 bridgehead atoms. The molecule has 0 amide bonds. The van der Waals surface area contributed by atoms with Gasteiger partial charge in [0.2, 0.25) is 10.0 Å². The molecule has 0 unspecified atom stereocenters. The number of hydrogen-bond donors (Lipinski definition) is 0. The molecule has 10 heteroatoms. The van der Waals surface area contributed by atoms with Crippen LogP contribution in [0.2, 0.25) is 0 Å². The van der Waals surface area contributed by atoms with Gasteiger partial charge in [-0.1, -0.05) is 12.1 Å². The number of benzene rings is 2. The number of rotatable bonds is 6. The van der Waals surface area contributed by atoms with Crippen LogP contribution in [-0.2, 0) is 21.3 Å². The van der Waals surface area contributed by atoms with Crippen molar-refractivity contribution >= 4 is 21.4 Å². The van der Waals surface area contributed by atoms with Crippen LogP contribution in [0.3, 0.4) is 0 Å². The Bertz CT molecular complexity index is 1040. The van der Waals surface area contributed by atoms with Gasteiger partial charge in [-0.05, 0) is 29.8 Å². The molecule has 0 radical (unpaired) electrons. The van der Waals surface area contributed by atoms with E-state index in [1.807, 2.05) is 11.0 Å². The highest BCUT2D eigenvalue weighted by Gasteiger charge is 2.26. The monoisotopic (exact) mass is 416 g/mol. The number of hydrogen-bond acceptors (Lipinski definition) is 7. The van der Waals surface area contributed by atoms with Gasteiger partial charge < -0.3 is 9.64 Å². The Labute approximate surface area is 168 Å². The molecule has 1 fully saturated rings. The van der Waals surface area contributed by atoms with E-state index in [9.17, 15) is 18.5 Å². The average Bonchev–Trinajstić information content (AvgIpc) is 2.74. The molecule has 0 atom stereocenters. The van der Waals surface area contributed by atoms with Gasteiger partial charge in [0.05, 0.1) is 23.0 Å². The fraction of sp³-hybridized carbons (Fsp3) is 0.316. The van der Waals surface area contributed by atoms with Crippen molar-refractivity contribution in [2.45, 2.75) is 11.4 Å². The first-order chi connectivity index (χ1) is 13.8. The van der Waals surface area contributed by atoms with E-state index in [-0.39, 0.29) is 16.1 Å². The Kier molecular flexibility index (Phi) is 6.12. The van der Waals surface area contributed by atoms with Crippen molar-refractivity contribution in [1.29, 1.82) is 5.26 Å². The molecule has 0 saturated carbocycles. The maximum Gasteiger partial charge on any atom is 0.287 e. The minimum atomic E-state index is -3.54. The number of nitro groups is 1. The topological polar surface area (TPSA) is 117 Å². The van der Waals surface area contributed by atoms with Gasteiger partial charge in [-0.25, -0.2) is 8.42 Å². The van der Waals surface area contributed by atoms with Crippen LogP contribution in [0.4, 0.5) is 11.4 Å². The number of sulfonamides is 1. The summed E-state index contributed by atoms with van der Waals surface area (Å²) < 4.78 is 32.0. The summed E-state index contributed by atoms with van der Waals surface area (Å²) in [5.74, 6) is 0. The van der Waals surface area contributed by atoms with E-state index in [0.717, 1.165) is 5.56 Å². The number of nitrogens with zero attached hydrogens (tertiary/aromatic N) is 4. The summed E-state index contributed by atoms with van der Waals surface area (Å²) in [7, 11) is -1.75. The zero-order chi connectivity index (χ0) is 21.0. The van der Waals surface area contributed by atoms with Crippen molar-refractivity contribution in [2.75, 3.05) is 38.3 Å². The van der Waals surface area contributed by atoms with Crippen LogP contribution >= 0.6 is 0 Å². The van der Waals surface area contributed by atoms with Crippen LogP contribution < -0.4 is 4.90 Å². The average molecular weight is 416 g/mol. The molecule has 2 aromatic carbocycles. The Hall–Kier alpha value is -3.00. The predicted octanol–water partition coefficient (Wildman–Crippen LogP) is 2.12. The van der Waals surface area contributed by atoms with E-state index >= 15 is 0 Å². The van der Waals surface area contributed by atoms with Crippen molar-refractivity contribution in [3.8, 4) is 6.07 Å². The quantitative estimate of drug-likeness (QED) is 0.523. The number of nitro benzene ring substituents is 1. The highest BCUT2D eigenvalue weighted by Crippen LogP contribution is 2.25. The van der Waals surface area contributed by atoms with Crippen LogP contribution in [0, 0.1) is 21.4 Å². The fourth-order valence-electron chi connectivity index (χ4n) is 3.08. The molecular weight excluding hydrogens is 396 g/mol. The van der Waals surface area contributed by atoms with Crippen molar-refractivity contribution in [3.63, 3.8) is 0 Å². The highest BCUT2D eigenvalue weighted by atomic mass is 32.2. The molecule has 0 spiro atoms. The van der Waals surface area contributed by atoms with Crippen molar-refractivity contribution in [1.82, 2.24) is 4.31 Å². The molecule has 1 saturated heterocycles. The molecule has 152 valence electrons. The third-order valence-corrected chi connectivity index (χ3v) is 6.60. The van der Waals surface area contributed by atoms with E-state index in [0.29, 0.717) is 38.5 Å². The molecule has 1 heterocycles. The second-order valence-corrected chi connectivity index (χ2v) is 8.52. The summed E-state index contributed by atoms with van der Waals surface area (Å²) in [6.45, 7) is 1.91. The third-order valence-electron chi connectivity index (χ3n) is 4.69. The van der Waals surface area contributed by atoms with Crippen molar-refractivity contribution in [2.24, 2.45) is 0 Å². The Balaban J connectivity index is 1.74. The molecule has 1 aliphatic rings. The van der Waals surface area contributed by atoms with Gasteiger partial charge in [0.25, 0.3) is 5.69 Å². The second kappa shape index (κ2) is 8.57. The minimum Gasteiger partial charge on any atom is -0.379 e. The summed E-state index contributed by atoms with van der Waals surface area (Å²) in [4.78, 5) is 12.4. The lowest BCUT2D eigenvalue weighted by Gasteiger charge is -2.26. The Morgan fingerprint density at radius 3 is 2.45 bits per heavy atom. The fourth-order valence-corrected chi connectivity index (χ4v) is 4.49. The lowest BCUT2D eigenvalue weighted by atomic mass is 10.1. The zero-order valence-corrected chi connectivity index (χ0v) is 16.6. The summed E-state index contributed by atoms with van der Waals surface area (Å²) >= 11 is 0. The SMILES string of the molecule is CN(Cc1ccc(S(=O)(=O)N2CCOCC2)cc1)c1ccc([N+](=O)[O-])c(C#N)c1. The lowest BCUT2D eigenvalue weighted by Crippen LogP contribution is -2.40. The van der Waals surface area contributed by atoms with Gasteiger partial charge in [0.15, 0.2) is 0 Å². The Morgan fingerprint density at radius 2 is 1.86 bits per heavy atom. The standard InChI is InChI=1S/C19H20N4O5S/c1-21(17-4-7-19(23(24)25)16(12-17)13-20)14-15-2-5-18(6-3-15)29(26,27)22-8-10-28-11-9-22/h2-7,12H,8-11,14H2,1H3. The van der Waals surface area contributed by atoms with Crippen molar-refractivity contribution < 1.29 is 18.1 Å². The summed E-state index contributed by atoms with van der Waals surface area (Å²) in [5, 5.41) is 20.1. The van der Waals surface area contributed by atoms with E-state index in [2.05, 4.69) is 0 Å². The molecular formula is C19H20N4O5S. The molecule has 0 aliphatic carbocycles. The van der Waals surface area contributed by atoms with Gasteiger partial charge in [0.1, 0.15) is 11.6 Å². The summed E-state index contributed by atoms with van der Waals surface area (Å²) in [6, 6.07) is 12.8. The largest absolute Gasteiger partial charge is 0.379 e. The van der Waals surface area contributed by atoms with E-state index < -0.39 is 14.9 Å². The van der Waals surface area contributed by atoms with Gasteiger partial charge in [0, 0.05) is 38.4 Å². The normalized spacial score (nSPS) is 14.9. The molecule has 29 heavy (non-hydrogen) atoms. The number of ether oxygens (including phenoxy) is 1. The lowest BCUT2D eigenvalue weighted by molar-refractivity contribution is -0.385. The van der Waals surface area contributed by atoms with Crippen LogP contribution in [0.15, 0.2) is 47.4 Å². The maximum atomic E-state index is 12.7. The first kappa shape index (κ1) is 20.7. The van der Waals surface area contributed by atoms with Crippen LogP contribution in [0.25, 0.3) is 0 Å². The van der Waals surface area contributed by atoms with Gasteiger partial charge in [-0.15, -0.1) is 0 Å². The molecule has 0 aromatic heterocycles. The molecule has 3 rings (SSSR count). The van der Waals surface area contributed by atoms with Gasteiger partial charge >= 0.3 is 0 Å². The minimum absolute atomic E-state index is 0.00805. The number of morpholine rings is 1. The highest BCUT2D eigenvalue weighted by molar-refractivity contribution is 7.89. The van der Waals surface area contributed by atoms with Crippen LogP contribution in [0.5, 0.6) is 0 Å². The zero-order valence-electron chi connectivity index (χ0n) is 15.8. The number of anilines is 1. The van der Waals surface area contributed by atoms with Crippen LogP contribution in [-0.4, -0.2) is 51.0 Å². The summed E-state index contributed by atoms with van der Waals surface area (Å²) in [6.07, 6.45) is 0. The third kappa shape index (κ3) is 4.54. The Morgan fingerprint density at radius 1 is 1.21 bits per heavy atom. The van der Waals surface area contributed by atoms with Crippen molar-refractivity contribution in [3.05, 3.63) is 63.7 Å². The number of nitriles is 1.